The number of amides is 1. The lowest BCUT2D eigenvalue weighted by atomic mass is 9.96. The third kappa shape index (κ3) is 2.71. The van der Waals surface area contributed by atoms with Crippen molar-refractivity contribution in [1.82, 2.24) is 15.5 Å². The molecule has 6 heteroatoms. The second-order valence-electron chi connectivity index (χ2n) is 6.89. The highest BCUT2D eigenvalue weighted by Crippen LogP contribution is 2.50. The highest BCUT2D eigenvalue weighted by molar-refractivity contribution is 6.31. The Labute approximate surface area is 145 Å². The Morgan fingerprint density at radius 1 is 1.33 bits per heavy atom. The number of halogens is 1. The van der Waals surface area contributed by atoms with E-state index in [1.165, 1.54) is 0 Å². The van der Waals surface area contributed by atoms with Crippen molar-refractivity contribution in [2.24, 2.45) is 5.92 Å². The summed E-state index contributed by atoms with van der Waals surface area (Å²) in [5.41, 5.74) is 0.595. The zero-order valence-corrected chi connectivity index (χ0v) is 14.3. The van der Waals surface area contributed by atoms with Crippen molar-refractivity contribution in [3.8, 4) is 0 Å². The fourth-order valence-corrected chi connectivity index (χ4v) is 4.09. The maximum Gasteiger partial charge on any atom is 0.224 e. The maximum absolute atomic E-state index is 12.8. The smallest absolute Gasteiger partial charge is 0.224 e. The number of hydrogen-bond acceptors (Lipinski definition) is 4. The van der Waals surface area contributed by atoms with Crippen LogP contribution in [-0.4, -0.2) is 16.0 Å². The van der Waals surface area contributed by atoms with Crippen molar-refractivity contribution < 1.29 is 9.32 Å². The Morgan fingerprint density at radius 3 is 2.75 bits per heavy atom. The summed E-state index contributed by atoms with van der Waals surface area (Å²) in [6.07, 6.45) is 4.69. The van der Waals surface area contributed by atoms with Crippen LogP contribution in [0.2, 0.25) is 5.02 Å². The van der Waals surface area contributed by atoms with Crippen LogP contribution in [0.4, 0.5) is 0 Å². The van der Waals surface area contributed by atoms with Crippen LogP contribution in [0.3, 0.4) is 0 Å². The third-order valence-electron chi connectivity index (χ3n) is 5.21. The van der Waals surface area contributed by atoms with Gasteiger partial charge in [0.1, 0.15) is 5.54 Å². The van der Waals surface area contributed by atoms with E-state index in [-0.39, 0.29) is 17.7 Å². The molecule has 1 N–H and O–H groups in total. The summed E-state index contributed by atoms with van der Waals surface area (Å²) in [5.74, 6) is 1.41. The molecular weight excluding hydrogens is 326 g/mol. The summed E-state index contributed by atoms with van der Waals surface area (Å²) in [4.78, 5) is 17.2. The average molecular weight is 346 g/mol. The second kappa shape index (κ2) is 5.88. The van der Waals surface area contributed by atoms with Crippen LogP contribution in [0.15, 0.2) is 28.8 Å². The van der Waals surface area contributed by atoms with Crippen LogP contribution < -0.4 is 5.32 Å². The number of carbonyl (C=O) groups excluding carboxylic acids is 1. The first-order chi connectivity index (χ1) is 11.6. The number of hydrogen-bond donors (Lipinski definition) is 1. The van der Waals surface area contributed by atoms with Crippen molar-refractivity contribution in [2.45, 2.75) is 50.5 Å². The Bertz CT molecular complexity index is 767. The predicted molar refractivity (Wildman–Crippen MR) is 89.6 cm³/mol. The largest absolute Gasteiger partial charge is 0.343 e. The number of benzene rings is 1. The minimum Gasteiger partial charge on any atom is -0.343 e. The van der Waals surface area contributed by atoms with Crippen molar-refractivity contribution in [2.75, 3.05) is 0 Å². The fraction of sp³-hybridized carbons (Fsp3) is 0.500. The quantitative estimate of drug-likeness (QED) is 0.917. The molecule has 5 nitrogen and oxygen atoms in total. The van der Waals surface area contributed by atoms with Crippen LogP contribution in [0.5, 0.6) is 0 Å². The first-order valence-corrected chi connectivity index (χ1v) is 8.84. The standard InChI is InChI=1S/C18H20ClN3O2/c1-11-20-17(22-24-11)18(8-4-5-9-18)21-16(23)14-10-13(14)12-6-2-3-7-15(12)19/h2-3,6-7,13-14H,4-5,8-10H2,1H3,(H,21,23)/t13-,14+/m1/s1. The van der Waals surface area contributed by atoms with Crippen LogP contribution in [-0.2, 0) is 10.3 Å². The average Bonchev–Trinajstić information content (AvgIpc) is 3.00. The molecule has 0 unspecified atom stereocenters. The molecule has 2 aliphatic rings. The van der Waals surface area contributed by atoms with Gasteiger partial charge in [0.05, 0.1) is 0 Å². The highest BCUT2D eigenvalue weighted by Gasteiger charge is 2.49. The van der Waals surface area contributed by atoms with Gasteiger partial charge >= 0.3 is 0 Å². The molecule has 1 heterocycles. The van der Waals surface area contributed by atoms with E-state index in [4.69, 9.17) is 16.1 Å². The maximum atomic E-state index is 12.8. The number of rotatable bonds is 4. The van der Waals surface area contributed by atoms with Crippen molar-refractivity contribution in [3.05, 3.63) is 46.6 Å². The predicted octanol–water partition coefficient (Wildman–Crippen LogP) is 3.72. The molecule has 0 radical (unpaired) electrons. The number of aryl methyl sites for hydroxylation is 1. The highest BCUT2D eigenvalue weighted by atomic mass is 35.5. The normalized spacial score (nSPS) is 24.8. The van der Waals surface area contributed by atoms with Crippen molar-refractivity contribution >= 4 is 17.5 Å². The van der Waals surface area contributed by atoms with E-state index < -0.39 is 5.54 Å². The Balaban J connectivity index is 1.50. The SMILES string of the molecule is Cc1nc(C2(NC(=O)[C@H]3C[C@@H]3c3ccccc3Cl)CCCC2)no1. The molecule has 0 spiro atoms. The van der Waals surface area contributed by atoms with Crippen molar-refractivity contribution in [1.29, 1.82) is 0 Å². The third-order valence-corrected chi connectivity index (χ3v) is 5.55. The van der Waals surface area contributed by atoms with E-state index in [2.05, 4.69) is 15.5 Å². The molecule has 0 bridgehead atoms. The van der Waals surface area contributed by atoms with E-state index in [1.807, 2.05) is 24.3 Å². The molecule has 0 saturated heterocycles. The van der Waals surface area contributed by atoms with E-state index in [0.29, 0.717) is 11.7 Å². The lowest BCUT2D eigenvalue weighted by Gasteiger charge is -2.27. The van der Waals surface area contributed by atoms with Gasteiger partial charge in [-0.05, 0) is 36.8 Å². The van der Waals surface area contributed by atoms with Crippen molar-refractivity contribution in [3.63, 3.8) is 0 Å². The molecule has 2 fully saturated rings. The summed E-state index contributed by atoms with van der Waals surface area (Å²) in [6, 6.07) is 7.77. The van der Waals surface area contributed by atoms with Gasteiger partial charge in [0.25, 0.3) is 0 Å². The topological polar surface area (TPSA) is 68.0 Å². The number of nitrogens with zero attached hydrogens (tertiary/aromatic N) is 2. The van der Waals surface area contributed by atoms with E-state index >= 15 is 0 Å². The first kappa shape index (κ1) is 15.6. The van der Waals surface area contributed by atoms with Gasteiger partial charge in [-0.15, -0.1) is 0 Å². The second-order valence-corrected chi connectivity index (χ2v) is 7.29. The van der Waals surface area contributed by atoms with E-state index in [1.54, 1.807) is 6.92 Å². The van der Waals surface area contributed by atoms with Gasteiger partial charge in [-0.25, -0.2) is 0 Å². The zero-order chi connectivity index (χ0) is 16.7. The van der Waals surface area contributed by atoms with Gasteiger partial charge in [-0.3, -0.25) is 4.79 Å². The van der Waals surface area contributed by atoms with Crippen LogP contribution >= 0.6 is 11.6 Å². The fourth-order valence-electron chi connectivity index (χ4n) is 3.81. The first-order valence-electron chi connectivity index (χ1n) is 8.46. The number of nitrogens with one attached hydrogen (secondary N) is 1. The van der Waals surface area contributed by atoms with Gasteiger partial charge < -0.3 is 9.84 Å². The summed E-state index contributed by atoms with van der Waals surface area (Å²) < 4.78 is 5.14. The molecule has 2 saturated carbocycles. The minimum absolute atomic E-state index is 0.0182. The minimum atomic E-state index is -0.470. The van der Waals surface area contributed by atoms with Gasteiger partial charge in [0.15, 0.2) is 5.82 Å². The summed E-state index contributed by atoms with van der Waals surface area (Å²) >= 11 is 6.26. The molecule has 24 heavy (non-hydrogen) atoms. The Hall–Kier alpha value is -1.88. The van der Waals surface area contributed by atoms with E-state index in [9.17, 15) is 4.79 Å². The van der Waals surface area contributed by atoms with Crippen LogP contribution in [0.1, 0.15) is 55.3 Å². The zero-order valence-electron chi connectivity index (χ0n) is 13.6. The molecule has 0 aliphatic heterocycles. The molecule has 126 valence electrons. The lowest BCUT2D eigenvalue weighted by Crippen LogP contribution is -2.45. The molecule has 2 aromatic rings. The molecule has 2 aliphatic carbocycles. The monoisotopic (exact) mass is 345 g/mol. The van der Waals surface area contributed by atoms with Gasteiger partial charge in [-0.1, -0.05) is 47.8 Å². The lowest BCUT2D eigenvalue weighted by molar-refractivity contribution is -0.124. The molecule has 2 atom stereocenters. The summed E-state index contributed by atoms with van der Waals surface area (Å²) in [6.45, 7) is 1.77. The van der Waals surface area contributed by atoms with Gasteiger partial charge in [-0.2, -0.15) is 4.98 Å². The Kier molecular flexibility index (Phi) is 3.83. The van der Waals surface area contributed by atoms with Gasteiger partial charge in [0.2, 0.25) is 11.8 Å². The molecule has 1 aromatic carbocycles. The van der Waals surface area contributed by atoms with Crippen LogP contribution in [0, 0.1) is 12.8 Å². The van der Waals surface area contributed by atoms with E-state index in [0.717, 1.165) is 42.7 Å². The summed E-state index contributed by atoms with van der Waals surface area (Å²) in [5, 5.41) is 8.05. The van der Waals surface area contributed by atoms with Gasteiger partial charge in [0, 0.05) is 17.9 Å². The molecular formula is C18H20ClN3O2. The number of aromatic nitrogens is 2. The molecule has 4 rings (SSSR count). The molecule has 1 aromatic heterocycles. The molecule has 1 amide bonds. The summed E-state index contributed by atoms with van der Waals surface area (Å²) in [7, 11) is 0. The Morgan fingerprint density at radius 2 is 2.08 bits per heavy atom. The van der Waals surface area contributed by atoms with Crippen LogP contribution in [0.25, 0.3) is 0 Å². The number of carbonyl (C=O) groups is 1.